The Bertz CT molecular complexity index is 1350. The second-order valence-electron chi connectivity index (χ2n) is 6.57. The van der Waals surface area contributed by atoms with Crippen molar-refractivity contribution >= 4 is 33.7 Å². The lowest BCUT2D eigenvalue weighted by atomic mass is 10.1. The van der Waals surface area contributed by atoms with Crippen molar-refractivity contribution in [1.82, 2.24) is 25.1 Å². The topological polar surface area (TPSA) is 99.4 Å². The fraction of sp³-hybridized carbons (Fsp3) is 0. The molecule has 1 amide bonds. The van der Waals surface area contributed by atoms with Crippen molar-refractivity contribution < 1.29 is 4.79 Å². The Balaban J connectivity index is 1.59. The number of nitrogens with zero attached hydrogens (tertiary/aromatic N) is 3. The average Bonchev–Trinajstić information content (AvgIpc) is 3.37. The number of H-pyrrole nitrogens is 2. The fourth-order valence-electron chi connectivity index (χ4n) is 3.28. The van der Waals surface area contributed by atoms with E-state index in [9.17, 15) is 4.79 Å². The van der Waals surface area contributed by atoms with Crippen LogP contribution in [-0.4, -0.2) is 31.1 Å². The van der Waals surface area contributed by atoms with Crippen molar-refractivity contribution in [1.29, 1.82) is 0 Å². The third-order valence-electron chi connectivity index (χ3n) is 4.67. The van der Waals surface area contributed by atoms with Gasteiger partial charge in [-0.1, -0.05) is 36.9 Å². The van der Waals surface area contributed by atoms with Crippen LogP contribution in [-0.2, 0) is 4.79 Å². The molecule has 0 bridgehead atoms. The summed E-state index contributed by atoms with van der Waals surface area (Å²) in [4.78, 5) is 24.2. The number of carbonyl (C=O) groups excluding carboxylic acids is 1. The number of anilines is 1. The maximum atomic E-state index is 11.6. The van der Waals surface area contributed by atoms with Gasteiger partial charge in [0.2, 0.25) is 5.91 Å². The molecule has 7 nitrogen and oxygen atoms in total. The molecule has 0 aliphatic carbocycles. The molecule has 0 saturated heterocycles. The predicted molar refractivity (Wildman–Crippen MR) is 113 cm³/mol. The monoisotopic (exact) mass is 380 g/mol. The predicted octanol–water partition coefficient (Wildman–Crippen LogP) is 4.29. The standard InChI is InChI=1S/C22H16N6O/c1-2-19(29)24-15-8-5-7-13(10-15)18-12-23-22-21(26-18)20(27-28-22)17-11-14-6-3-4-9-16(14)25-17/h2-12,25H,1H2,(H,24,29)(H,23,27,28). The lowest BCUT2D eigenvalue weighted by molar-refractivity contribution is -0.111. The molecule has 3 aromatic heterocycles. The van der Waals surface area contributed by atoms with Crippen LogP contribution in [0.2, 0.25) is 0 Å². The molecule has 7 heteroatoms. The van der Waals surface area contributed by atoms with Crippen LogP contribution in [0.15, 0.2) is 73.4 Å². The number of aromatic amines is 2. The van der Waals surface area contributed by atoms with Gasteiger partial charge in [0.15, 0.2) is 5.65 Å². The number of rotatable bonds is 4. The number of amides is 1. The Morgan fingerprint density at radius 1 is 1.10 bits per heavy atom. The number of aromatic nitrogens is 5. The number of para-hydroxylation sites is 1. The zero-order valence-corrected chi connectivity index (χ0v) is 15.3. The van der Waals surface area contributed by atoms with E-state index in [1.165, 1.54) is 6.08 Å². The van der Waals surface area contributed by atoms with Crippen LogP contribution in [0.1, 0.15) is 0 Å². The highest BCUT2D eigenvalue weighted by molar-refractivity contribution is 5.99. The van der Waals surface area contributed by atoms with E-state index in [1.54, 1.807) is 6.20 Å². The summed E-state index contributed by atoms with van der Waals surface area (Å²) >= 11 is 0. The zero-order valence-electron chi connectivity index (χ0n) is 15.3. The molecular formula is C22H16N6O. The lowest BCUT2D eigenvalue weighted by Gasteiger charge is -2.05. The molecule has 0 unspecified atom stereocenters. The third kappa shape index (κ3) is 3.04. The van der Waals surface area contributed by atoms with Gasteiger partial charge in [-0.2, -0.15) is 5.10 Å². The van der Waals surface area contributed by atoms with Gasteiger partial charge >= 0.3 is 0 Å². The average molecular weight is 380 g/mol. The summed E-state index contributed by atoms with van der Waals surface area (Å²) in [5.41, 5.74) is 6.09. The molecular weight excluding hydrogens is 364 g/mol. The molecule has 0 aliphatic heterocycles. The molecule has 29 heavy (non-hydrogen) atoms. The molecule has 0 aliphatic rings. The van der Waals surface area contributed by atoms with E-state index in [4.69, 9.17) is 4.98 Å². The first kappa shape index (κ1) is 16.9. The van der Waals surface area contributed by atoms with Crippen LogP contribution < -0.4 is 5.32 Å². The maximum Gasteiger partial charge on any atom is 0.247 e. The highest BCUT2D eigenvalue weighted by Crippen LogP contribution is 2.29. The number of hydrogen-bond acceptors (Lipinski definition) is 4. The molecule has 5 rings (SSSR count). The minimum absolute atomic E-state index is 0.264. The Morgan fingerprint density at radius 2 is 2.00 bits per heavy atom. The van der Waals surface area contributed by atoms with Gasteiger partial charge < -0.3 is 10.3 Å². The van der Waals surface area contributed by atoms with E-state index in [1.807, 2.05) is 54.6 Å². The fourth-order valence-corrected chi connectivity index (χ4v) is 3.28. The molecule has 0 spiro atoms. The second-order valence-corrected chi connectivity index (χ2v) is 6.57. The maximum absolute atomic E-state index is 11.6. The molecule has 0 fully saturated rings. The molecule has 2 aromatic carbocycles. The SMILES string of the molecule is C=CC(=O)Nc1cccc(-c2cnc3[nH]nc(-c4cc5ccccc5[nH]4)c3n2)c1. The summed E-state index contributed by atoms with van der Waals surface area (Å²) in [7, 11) is 0. The van der Waals surface area contributed by atoms with Crippen molar-refractivity contribution in [2.24, 2.45) is 0 Å². The number of benzene rings is 2. The largest absolute Gasteiger partial charge is 0.353 e. The Labute approximate surface area is 165 Å². The van der Waals surface area contributed by atoms with Crippen molar-refractivity contribution in [3.63, 3.8) is 0 Å². The minimum atomic E-state index is -0.264. The Morgan fingerprint density at radius 3 is 2.86 bits per heavy atom. The second kappa shape index (κ2) is 6.72. The van der Waals surface area contributed by atoms with Gasteiger partial charge in [-0.15, -0.1) is 0 Å². The normalized spacial score (nSPS) is 11.0. The van der Waals surface area contributed by atoms with Crippen molar-refractivity contribution in [2.45, 2.75) is 0 Å². The minimum Gasteiger partial charge on any atom is -0.353 e. The lowest BCUT2D eigenvalue weighted by Crippen LogP contribution is -2.07. The van der Waals surface area contributed by atoms with E-state index in [2.05, 4.69) is 32.1 Å². The van der Waals surface area contributed by atoms with Gasteiger partial charge in [-0.3, -0.25) is 9.89 Å². The Hall–Kier alpha value is -4.26. The molecule has 5 aromatic rings. The van der Waals surface area contributed by atoms with Gasteiger partial charge in [0.25, 0.3) is 0 Å². The van der Waals surface area contributed by atoms with E-state index >= 15 is 0 Å². The highest BCUT2D eigenvalue weighted by Gasteiger charge is 2.14. The van der Waals surface area contributed by atoms with E-state index in [0.29, 0.717) is 28.2 Å². The zero-order chi connectivity index (χ0) is 19.8. The molecule has 3 N–H and O–H groups in total. The number of nitrogens with one attached hydrogen (secondary N) is 3. The summed E-state index contributed by atoms with van der Waals surface area (Å²) in [6, 6.07) is 17.5. The van der Waals surface area contributed by atoms with Gasteiger partial charge in [0, 0.05) is 22.2 Å². The summed E-state index contributed by atoms with van der Waals surface area (Å²) < 4.78 is 0. The molecule has 0 radical (unpaired) electrons. The van der Waals surface area contributed by atoms with Gasteiger partial charge in [-0.25, -0.2) is 9.97 Å². The first-order valence-electron chi connectivity index (χ1n) is 9.04. The quantitative estimate of drug-likeness (QED) is 0.405. The van der Waals surface area contributed by atoms with E-state index in [-0.39, 0.29) is 5.91 Å². The van der Waals surface area contributed by atoms with Crippen molar-refractivity contribution in [3.8, 4) is 22.6 Å². The Kier molecular flexibility index (Phi) is 3.91. The van der Waals surface area contributed by atoms with E-state index < -0.39 is 0 Å². The molecule has 3 heterocycles. The summed E-state index contributed by atoms with van der Waals surface area (Å²) in [6.45, 7) is 3.47. The first-order valence-corrected chi connectivity index (χ1v) is 9.04. The van der Waals surface area contributed by atoms with Gasteiger partial charge in [0.05, 0.1) is 17.6 Å². The first-order chi connectivity index (χ1) is 14.2. The third-order valence-corrected chi connectivity index (χ3v) is 4.67. The van der Waals surface area contributed by atoms with Crippen LogP contribution >= 0.6 is 0 Å². The number of hydrogen-bond donors (Lipinski definition) is 3. The molecule has 140 valence electrons. The van der Waals surface area contributed by atoms with Crippen LogP contribution in [0.25, 0.3) is 44.7 Å². The summed E-state index contributed by atoms with van der Waals surface area (Å²) in [6.07, 6.45) is 2.92. The van der Waals surface area contributed by atoms with Crippen LogP contribution in [0.3, 0.4) is 0 Å². The number of fused-ring (bicyclic) bond motifs is 2. The van der Waals surface area contributed by atoms with Crippen LogP contribution in [0.5, 0.6) is 0 Å². The van der Waals surface area contributed by atoms with Crippen molar-refractivity contribution in [3.05, 3.63) is 73.4 Å². The van der Waals surface area contributed by atoms with Gasteiger partial charge in [0.1, 0.15) is 11.2 Å². The van der Waals surface area contributed by atoms with Crippen molar-refractivity contribution in [2.75, 3.05) is 5.32 Å². The molecule has 0 saturated carbocycles. The summed E-state index contributed by atoms with van der Waals surface area (Å²) in [5, 5.41) is 11.2. The van der Waals surface area contributed by atoms with Crippen LogP contribution in [0, 0.1) is 0 Å². The highest BCUT2D eigenvalue weighted by atomic mass is 16.1. The van der Waals surface area contributed by atoms with Crippen LogP contribution in [0.4, 0.5) is 5.69 Å². The van der Waals surface area contributed by atoms with Gasteiger partial charge in [-0.05, 0) is 30.3 Å². The summed E-state index contributed by atoms with van der Waals surface area (Å²) in [5.74, 6) is -0.264. The number of carbonyl (C=O) groups is 1. The smallest absolute Gasteiger partial charge is 0.247 e. The molecule has 0 atom stereocenters. The van der Waals surface area contributed by atoms with E-state index in [0.717, 1.165) is 22.2 Å².